The fourth-order valence-electron chi connectivity index (χ4n) is 4.56. The van der Waals surface area contributed by atoms with Gasteiger partial charge in [0.2, 0.25) is 15.7 Å². The van der Waals surface area contributed by atoms with E-state index < -0.39 is 32.2 Å². The number of rotatable bonds is 10. The molecular weight excluding hydrogens is 546 g/mol. The Hall–Kier alpha value is -4.31. The molecule has 0 radical (unpaired) electrons. The van der Waals surface area contributed by atoms with Gasteiger partial charge < -0.3 is 14.6 Å². The SMILES string of the molecule is COC[C@@H](c1cccc(C#N)c1)n1c(COC(C)C)nc(=O)c(S(=O)(=O)c2ccc(-c3cn(C)nc3C)cc2)c1O. The summed E-state index contributed by atoms with van der Waals surface area (Å²) in [6.45, 7) is 5.22. The number of aromatic hydroxyl groups is 1. The highest BCUT2D eigenvalue weighted by Gasteiger charge is 2.32. The fraction of sp³-hybridized carbons (Fsp3) is 0.310. The Bertz CT molecular complexity index is 1770. The van der Waals surface area contributed by atoms with E-state index in [1.165, 1.54) is 23.8 Å². The highest BCUT2D eigenvalue weighted by atomic mass is 32.2. The second-order valence-corrected chi connectivity index (χ2v) is 11.6. The van der Waals surface area contributed by atoms with Crippen molar-refractivity contribution in [2.45, 2.75) is 49.3 Å². The minimum atomic E-state index is -4.52. The number of sulfone groups is 1. The van der Waals surface area contributed by atoms with Crippen LogP contribution in [0.5, 0.6) is 5.88 Å². The molecule has 214 valence electrons. The van der Waals surface area contributed by atoms with Gasteiger partial charge in [0.1, 0.15) is 12.4 Å². The number of nitrogens with zero attached hydrogens (tertiary/aromatic N) is 5. The van der Waals surface area contributed by atoms with Crippen molar-refractivity contribution in [1.82, 2.24) is 19.3 Å². The van der Waals surface area contributed by atoms with Crippen molar-refractivity contribution in [3.63, 3.8) is 0 Å². The molecule has 41 heavy (non-hydrogen) atoms. The molecule has 0 aliphatic carbocycles. The summed E-state index contributed by atoms with van der Waals surface area (Å²) in [7, 11) is -1.28. The van der Waals surface area contributed by atoms with Crippen LogP contribution >= 0.6 is 0 Å². The third-order valence-corrected chi connectivity index (χ3v) is 8.26. The van der Waals surface area contributed by atoms with Crippen LogP contribution in [0.4, 0.5) is 0 Å². The molecule has 0 unspecified atom stereocenters. The van der Waals surface area contributed by atoms with Gasteiger partial charge in [-0.05, 0) is 56.2 Å². The zero-order valence-electron chi connectivity index (χ0n) is 23.4. The molecule has 0 aliphatic rings. The summed E-state index contributed by atoms with van der Waals surface area (Å²) in [6.07, 6.45) is 1.58. The molecule has 0 amide bonds. The van der Waals surface area contributed by atoms with Gasteiger partial charge in [0.15, 0.2) is 4.90 Å². The number of nitriles is 1. The molecule has 1 atom stereocenters. The molecule has 1 N–H and O–H groups in total. The van der Waals surface area contributed by atoms with Crippen LogP contribution in [0.1, 0.15) is 42.5 Å². The molecule has 4 rings (SSSR count). The van der Waals surface area contributed by atoms with Crippen molar-refractivity contribution in [1.29, 1.82) is 5.26 Å². The highest BCUT2D eigenvalue weighted by molar-refractivity contribution is 7.91. The number of hydrogen-bond acceptors (Lipinski definition) is 9. The van der Waals surface area contributed by atoms with Crippen LogP contribution < -0.4 is 5.56 Å². The Morgan fingerprint density at radius 3 is 2.44 bits per heavy atom. The van der Waals surface area contributed by atoms with Gasteiger partial charge in [-0.25, -0.2) is 8.42 Å². The van der Waals surface area contributed by atoms with E-state index in [-0.39, 0.29) is 30.0 Å². The molecule has 2 heterocycles. The smallest absolute Gasteiger partial charge is 0.296 e. The molecule has 2 aromatic heterocycles. The summed E-state index contributed by atoms with van der Waals surface area (Å²) in [6, 6.07) is 13.8. The molecule has 11 nitrogen and oxygen atoms in total. The normalized spacial score (nSPS) is 12.4. The zero-order chi connectivity index (χ0) is 29.9. The van der Waals surface area contributed by atoms with E-state index >= 15 is 0 Å². The van der Waals surface area contributed by atoms with Crippen molar-refractivity contribution in [3.8, 4) is 23.1 Å². The number of hydrogen-bond donors (Lipinski definition) is 1. The van der Waals surface area contributed by atoms with Gasteiger partial charge in [-0.1, -0.05) is 24.3 Å². The van der Waals surface area contributed by atoms with Crippen LogP contribution in [0.2, 0.25) is 0 Å². The van der Waals surface area contributed by atoms with E-state index in [1.54, 1.807) is 62.0 Å². The van der Waals surface area contributed by atoms with Crippen molar-refractivity contribution in [2.75, 3.05) is 13.7 Å². The first kappa shape index (κ1) is 29.7. The fourth-order valence-corrected chi connectivity index (χ4v) is 5.91. The maximum absolute atomic E-state index is 13.8. The van der Waals surface area contributed by atoms with Crippen LogP contribution in [0, 0.1) is 18.3 Å². The lowest BCUT2D eigenvalue weighted by Gasteiger charge is -2.26. The first-order valence-electron chi connectivity index (χ1n) is 12.8. The van der Waals surface area contributed by atoms with Crippen LogP contribution in [0.25, 0.3) is 11.1 Å². The standard InChI is InChI=1S/C29H31N5O6S/c1-18(2)40-17-26-31-28(35)27(29(36)34(26)25(16-39-5)22-8-6-7-20(13-22)14-30)41(37,38)23-11-9-21(10-12-23)24-15-33(4)32-19(24)3/h6-13,15,18,25,36H,16-17H2,1-5H3/t25-/m0/s1. The van der Waals surface area contributed by atoms with Gasteiger partial charge in [-0.2, -0.15) is 15.3 Å². The molecule has 0 aliphatic heterocycles. The van der Waals surface area contributed by atoms with E-state index in [9.17, 15) is 23.6 Å². The van der Waals surface area contributed by atoms with Gasteiger partial charge in [-0.3, -0.25) is 14.0 Å². The van der Waals surface area contributed by atoms with E-state index in [1.807, 2.05) is 13.1 Å². The van der Waals surface area contributed by atoms with Crippen LogP contribution in [0.3, 0.4) is 0 Å². The molecule has 0 spiro atoms. The second kappa shape index (κ2) is 12.1. The van der Waals surface area contributed by atoms with Gasteiger partial charge in [-0.15, -0.1) is 0 Å². The monoisotopic (exact) mass is 577 g/mol. The van der Waals surface area contributed by atoms with Gasteiger partial charge in [0.05, 0.1) is 41.0 Å². The second-order valence-electron chi connectivity index (χ2n) is 9.75. The average molecular weight is 578 g/mol. The van der Waals surface area contributed by atoms with Crippen LogP contribution in [0.15, 0.2) is 69.3 Å². The minimum Gasteiger partial charge on any atom is -0.493 e. The summed E-state index contributed by atoms with van der Waals surface area (Å²) in [5, 5.41) is 25.3. The zero-order valence-corrected chi connectivity index (χ0v) is 24.2. The highest BCUT2D eigenvalue weighted by Crippen LogP contribution is 2.33. The summed E-state index contributed by atoms with van der Waals surface area (Å²) >= 11 is 0. The van der Waals surface area contributed by atoms with E-state index in [0.29, 0.717) is 11.1 Å². The molecule has 4 aromatic rings. The molecule has 0 fully saturated rings. The van der Waals surface area contributed by atoms with E-state index in [0.717, 1.165) is 16.8 Å². The van der Waals surface area contributed by atoms with Gasteiger partial charge >= 0.3 is 0 Å². The average Bonchev–Trinajstić information content (AvgIpc) is 3.28. The Kier molecular flexibility index (Phi) is 8.72. The molecule has 0 saturated carbocycles. The first-order chi connectivity index (χ1) is 19.5. The lowest BCUT2D eigenvalue weighted by molar-refractivity contribution is 0.0554. The Labute approximate surface area is 238 Å². The number of ether oxygens (including phenoxy) is 2. The first-order valence-corrected chi connectivity index (χ1v) is 14.3. The number of benzene rings is 2. The topological polar surface area (TPSA) is 149 Å². The lowest BCUT2D eigenvalue weighted by atomic mass is 10.0. The van der Waals surface area contributed by atoms with Crippen molar-refractivity contribution < 1.29 is 23.0 Å². The largest absolute Gasteiger partial charge is 0.493 e. The summed E-state index contributed by atoms with van der Waals surface area (Å²) in [5.41, 5.74) is 2.13. The van der Waals surface area contributed by atoms with Gasteiger partial charge in [0, 0.05) is 25.9 Å². The lowest BCUT2D eigenvalue weighted by Crippen LogP contribution is -2.29. The van der Waals surface area contributed by atoms with Crippen molar-refractivity contribution in [2.24, 2.45) is 7.05 Å². The third kappa shape index (κ3) is 6.07. The summed E-state index contributed by atoms with van der Waals surface area (Å²) in [5.74, 6) is -0.795. The summed E-state index contributed by atoms with van der Waals surface area (Å²) in [4.78, 5) is 16.2. The number of methoxy groups -OCH3 is 1. The number of aryl methyl sites for hydroxylation is 2. The summed E-state index contributed by atoms with van der Waals surface area (Å²) < 4.78 is 41.6. The van der Waals surface area contributed by atoms with Crippen molar-refractivity contribution in [3.05, 3.63) is 87.7 Å². The van der Waals surface area contributed by atoms with Crippen LogP contribution in [-0.4, -0.2) is 52.7 Å². The maximum atomic E-state index is 13.8. The molecule has 2 aromatic carbocycles. The predicted octanol–water partition coefficient (Wildman–Crippen LogP) is 3.52. The van der Waals surface area contributed by atoms with Gasteiger partial charge in [0.25, 0.3) is 5.56 Å². The Balaban J connectivity index is 1.90. The molecule has 12 heteroatoms. The maximum Gasteiger partial charge on any atom is 0.296 e. The molecule has 0 bridgehead atoms. The number of aromatic nitrogens is 4. The third-order valence-electron chi connectivity index (χ3n) is 6.47. The van der Waals surface area contributed by atoms with Crippen LogP contribution in [-0.2, 0) is 33.0 Å². The van der Waals surface area contributed by atoms with Crippen molar-refractivity contribution >= 4 is 9.84 Å². The predicted molar refractivity (Wildman–Crippen MR) is 150 cm³/mol. The Morgan fingerprint density at radius 2 is 1.85 bits per heavy atom. The molecular formula is C29H31N5O6S. The Morgan fingerprint density at radius 1 is 1.15 bits per heavy atom. The van der Waals surface area contributed by atoms with E-state index in [2.05, 4.69) is 16.2 Å². The van der Waals surface area contributed by atoms with E-state index in [4.69, 9.17) is 9.47 Å². The quantitative estimate of drug-likeness (QED) is 0.299. The minimum absolute atomic E-state index is 0.00645. The molecule has 0 saturated heterocycles.